The summed E-state index contributed by atoms with van der Waals surface area (Å²) in [6.07, 6.45) is 0. The maximum Gasteiger partial charge on any atom is 0.264 e. The lowest BCUT2D eigenvalue weighted by molar-refractivity contribution is 0.0939. The molecule has 0 aromatic heterocycles. The number of hydrogen-bond acceptors (Lipinski definition) is 3. The number of nitrogens with one attached hydrogen (secondary N) is 1. The number of carbonyl (C=O) groups excluding carboxylic acids is 1. The highest BCUT2D eigenvalue weighted by atomic mass is 32.2. The molecule has 162 valence electrons. The second kappa shape index (κ2) is 8.89. The van der Waals surface area contributed by atoms with Gasteiger partial charge in [0.2, 0.25) is 0 Å². The van der Waals surface area contributed by atoms with Crippen molar-refractivity contribution in [1.82, 2.24) is 5.32 Å². The first-order valence-electron chi connectivity index (χ1n) is 9.82. The van der Waals surface area contributed by atoms with Crippen LogP contribution in [0.4, 0.5) is 10.1 Å². The number of nitrogens with zero attached hydrogens (tertiary/aromatic N) is 1. The zero-order valence-corrected chi connectivity index (χ0v) is 18.7. The maximum absolute atomic E-state index is 13.2. The predicted molar refractivity (Wildman–Crippen MR) is 120 cm³/mol. The molecule has 0 fully saturated rings. The predicted octanol–water partition coefficient (Wildman–Crippen LogP) is 4.76. The molecule has 0 unspecified atom stereocenters. The van der Waals surface area contributed by atoms with Gasteiger partial charge in [-0.1, -0.05) is 29.8 Å². The first-order valence-corrected chi connectivity index (χ1v) is 11.3. The molecule has 0 heterocycles. The highest BCUT2D eigenvalue weighted by Gasteiger charge is 2.23. The first-order chi connectivity index (χ1) is 14.6. The van der Waals surface area contributed by atoms with Crippen LogP contribution in [0.15, 0.2) is 71.6 Å². The van der Waals surface area contributed by atoms with Crippen LogP contribution in [0.1, 0.15) is 40.0 Å². The zero-order valence-electron chi connectivity index (χ0n) is 17.9. The molecule has 0 aliphatic rings. The number of halogens is 1. The van der Waals surface area contributed by atoms with Crippen LogP contribution in [-0.2, 0) is 10.0 Å². The molecule has 3 aromatic carbocycles. The van der Waals surface area contributed by atoms with Crippen molar-refractivity contribution in [3.8, 4) is 0 Å². The molecule has 1 amide bonds. The number of anilines is 1. The second-order valence-corrected chi connectivity index (χ2v) is 9.50. The highest BCUT2D eigenvalue weighted by Crippen LogP contribution is 2.24. The van der Waals surface area contributed by atoms with E-state index in [4.69, 9.17) is 0 Å². The van der Waals surface area contributed by atoms with Gasteiger partial charge in [-0.15, -0.1) is 0 Å². The van der Waals surface area contributed by atoms with Crippen LogP contribution in [0, 0.1) is 19.7 Å². The topological polar surface area (TPSA) is 66.5 Å². The van der Waals surface area contributed by atoms with Crippen LogP contribution in [-0.4, -0.2) is 21.4 Å². The summed E-state index contributed by atoms with van der Waals surface area (Å²) in [4.78, 5) is 12.8. The fourth-order valence-corrected chi connectivity index (χ4v) is 4.66. The van der Waals surface area contributed by atoms with E-state index in [1.807, 2.05) is 32.9 Å². The van der Waals surface area contributed by atoms with Crippen molar-refractivity contribution in [2.45, 2.75) is 31.7 Å². The largest absolute Gasteiger partial charge is 0.346 e. The smallest absolute Gasteiger partial charge is 0.264 e. The molecule has 0 saturated carbocycles. The number of carbonyl (C=O) groups is 1. The average molecular weight is 441 g/mol. The molecular formula is C24H25FN2O3S. The van der Waals surface area contributed by atoms with Gasteiger partial charge in [-0.25, -0.2) is 12.8 Å². The van der Waals surface area contributed by atoms with Gasteiger partial charge < -0.3 is 5.32 Å². The number of hydrogen-bond donors (Lipinski definition) is 1. The summed E-state index contributed by atoms with van der Waals surface area (Å²) in [6.45, 7) is 5.89. The molecule has 3 rings (SSSR count). The lowest BCUT2D eigenvalue weighted by Crippen LogP contribution is -2.29. The molecule has 31 heavy (non-hydrogen) atoms. The minimum atomic E-state index is -3.92. The zero-order chi connectivity index (χ0) is 22.8. The Morgan fingerprint density at radius 1 is 1.00 bits per heavy atom. The Kier molecular flexibility index (Phi) is 6.45. The molecule has 3 aromatic rings. The lowest BCUT2D eigenvalue weighted by Gasteiger charge is -2.20. The van der Waals surface area contributed by atoms with Crippen molar-refractivity contribution in [2.75, 3.05) is 11.4 Å². The van der Waals surface area contributed by atoms with E-state index in [-0.39, 0.29) is 22.4 Å². The van der Waals surface area contributed by atoms with E-state index in [1.165, 1.54) is 49.5 Å². The number of benzene rings is 3. The van der Waals surface area contributed by atoms with Crippen molar-refractivity contribution in [3.63, 3.8) is 0 Å². The Hall–Kier alpha value is -3.19. The molecule has 0 aliphatic heterocycles. The fraction of sp³-hybridized carbons (Fsp3) is 0.208. The molecule has 5 nitrogen and oxygen atoms in total. The molecule has 1 N–H and O–H groups in total. The molecule has 1 atom stereocenters. The van der Waals surface area contributed by atoms with Gasteiger partial charge in [-0.3, -0.25) is 9.10 Å². The molecule has 0 radical (unpaired) electrons. The summed E-state index contributed by atoms with van der Waals surface area (Å²) in [7, 11) is -2.54. The van der Waals surface area contributed by atoms with Crippen molar-refractivity contribution in [1.29, 1.82) is 0 Å². The summed E-state index contributed by atoms with van der Waals surface area (Å²) in [5, 5.41) is 2.93. The van der Waals surface area contributed by atoms with Gasteiger partial charge in [0.15, 0.2) is 0 Å². The van der Waals surface area contributed by atoms with Crippen molar-refractivity contribution >= 4 is 21.6 Å². The Morgan fingerprint density at radius 2 is 1.68 bits per heavy atom. The lowest BCUT2D eigenvalue weighted by atomic mass is 10.00. The van der Waals surface area contributed by atoms with Crippen LogP contribution >= 0.6 is 0 Å². The van der Waals surface area contributed by atoms with E-state index in [9.17, 15) is 17.6 Å². The molecule has 0 saturated heterocycles. The minimum absolute atomic E-state index is 0.0221. The highest BCUT2D eigenvalue weighted by molar-refractivity contribution is 7.92. The fourth-order valence-electron chi connectivity index (χ4n) is 3.41. The summed E-state index contributed by atoms with van der Waals surface area (Å²) < 4.78 is 40.3. The number of aryl methyl sites for hydroxylation is 2. The quantitative estimate of drug-likeness (QED) is 0.601. The van der Waals surface area contributed by atoms with E-state index >= 15 is 0 Å². The van der Waals surface area contributed by atoms with Gasteiger partial charge in [0.1, 0.15) is 5.82 Å². The van der Waals surface area contributed by atoms with Crippen LogP contribution in [0.5, 0.6) is 0 Å². The number of amides is 1. The van der Waals surface area contributed by atoms with E-state index in [0.717, 1.165) is 21.0 Å². The molecule has 0 bridgehead atoms. The minimum Gasteiger partial charge on any atom is -0.346 e. The third kappa shape index (κ3) is 4.94. The van der Waals surface area contributed by atoms with E-state index in [0.29, 0.717) is 5.69 Å². The van der Waals surface area contributed by atoms with E-state index in [2.05, 4.69) is 11.4 Å². The van der Waals surface area contributed by atoms with Crippen molar-refractivity contribution in [2.24, 2.45) is 0 Å². The molecule has 0 spiro atoms. The van der Waals surface area contributed by atoms with Gasteiger partial charge in [0.25, 0.3) is 15.9 Å². The second-order valence-electron chi connectivity index (χ2n) is 7.53. The third-order valence-electron chi connectivity index (χ3n) is 5.18. The number of rotatable bonds is 6. The normalized spacial score (nSPS) is 12.3. The van der Waals surface area contributed by atoms with Crippen LogP contribution in [0.3, 0.4) is 0 Å². The van der Waals surface area contributed by atoms with E-state index < -0.39 is 15.8 Å². The van der Waals surface area contributed by atoms with Crippen LogP contribution in [0.2, 0.25) is 0 Å². The maximum atomic E-state index is 13.2. The summed E-state index contributed by atoms with van der Waals surface area (Å²) in [5.41, 5.74) is 3.77. The van der Waals surface area contributed by atoms with Gasteiger partial charge in [-0.05, 0) is 74.4 Å². The first kappa shape index (κ1) is 22.5. The number of sulfonamides is 1. The molecular weight excluding hydrogens is 415 g/mol. The van der Waals surface area contributed by atoms with Gasteiger partial charge in [0, 0.05) is 12.6 Å². The average Bonchev–Trinajstić information content (AvgIpc) is 2.73. The summed E-state index contributed by atoms with van der Waals surface area (Å²) >= 11 is 0. The Morgan fingerprint density at radius 3 is 2.32 bits per heavy atom. The van der Waals surface area contributed by atoms with Gasteiger partial charge in [0.05, 0.1) is 16.6 Å². The SMILES string of the molecule is Cc1ccc([C@H](C)NC(=O)c2cccc(S(=O)(=O)N(C)c3ccc(F)cc3)c2)c(C)c1. The van der Waals surface area contributed by atoms with Crippen molar-refractivity contribution < 1.29 is 17.6 Å². The Bertz CT molecular complexity index is 1210. The van der Waals surface area contributed by atoms with Crippen LogP contribution in [0.25, 0.3) is 0 Å². The van der Waals surface area contributed by atoms with Gasteiger partial charge in [-0.2, -0.15) is 0 Å². The summed E-state index contributed by atoms with van der Waals surface area (Å²) in [5.74, 6) is -0.819. The molecule has 7 heteroatoms. The molecule has 0 aliphatic carbocycles. The van der Waals surface area contributed by atoms with Gasteiger partial charge >= 0.3 is 0 Å². The summed E-state index contributed by atoms with van der Waals surface area (Å²) in [6, 6.07) is 16.8. The Labute approximate surface area is 182 Å². The monoisotopic (exact) mass is 440 g/mol. The van der Waals surface area contributed by atoms with Crippen LogP contribution < -0.4 is 9.62 Å². The Balaban J connectivity index is 1.83. The van der Waals surface area contributed by atoms with E-state index in [1.54, 1.807) is 6.07 Å². The standard InChI is InChI=1S/C24H25FN2O3S/c1-16-8-13-23(17(2)14-16)18(3)26-24(28)19-6-5-7-22(15-19)31(29,30)27(4)21-11-9-20(25)10-12-21/h5-15,18H,1-4H3,(H,26,28)/t18-/m0/s1. The third-order valence-corrected chi connectivity index (χ3v) is 6.97. The van der Waals surface area contributed by atoms with Crippen molar-refractivity contribution in [3.05, 3.63) is 94.8 Å².